The number of sulfonamides is 1. The smallest absolute Gasteiger partial charge is 0.408 e. The third-order valence-electron chi connectivity index (χ3n) is 5.72. The molecule has 9 heteroatoms. The molecule has 1 saturated heterocycles. The highest BCUT2D eigenvalue weighted by Gasteiger charge is 2.32. The number of nitrogens with zero attached hydrogens (tertiary/aromatic N) is 2. The summed E-state index contributed by atoms with van der Waals surface area (Å²) in [5, 5.41) is 2.76. The zero-order chi connectivity index (χ0) is 23.0. The predicted octanol–water partition coefficient (Wildman–Crippen LogP) is 3.21. The Morgan fingerprint density at radius 2 is 1.84 bits per heavy atom. The standard InChI is InChI=1S/C23H27N3O5S/c1-15-5-4-6-18(10-15)24-22(27)14-26-20-8-7-19(11-21(20)31-23(26)28)32(29,30)25-12-16(2)9-17(3)13-25/h4-8,10-11,16-17H,9,12-14H2,1-3H3,(H,24,27)/t16-,17-/m1/s1. The summed E-state index contributed by atoms with van der Waals surface area (Å²) in [7, 11) is -3.71. The molecule has 32 heavy (non-hydrogen) atoms. The van der Waals surface area contributed by atoms with E-state index in [1.807, 2.05) is 39.0 Å². The topological polar surface area (TPSA) is 102 Å². The second-order valence-electron chi connectivity index (χ2n) is 8.77. The van der Waals surface area contributed by atoms with Crippen molar-refractivity contribution in [3.8, 4) is 0 Å². The highest BCUT2D eigenvalue weighted by molar-refractivity contribution is 7.89. The lowest BCUT2D eigenvalue weighted by Gasteiger charge is -2.34. The fraction of sp³-hybridized carbons (Fsp3) is 0.391. The van der Waals surface area contributed by atoms with Crippen LogP contribution in [-0.4, -0.2) is 36.3 Å². The van der Waals surface area contributed by atoms with Crippen LogP contribution in [0.25, 0.3) is 11.1 Å². The van der Waals surface area contributed by atoms with E-state index < -0.39 is 15.8 Å². The van der Waals surface area contributed by atoms with Gasteiger partial charge < -0.3 is 9.73 Å². The summed E-state index contributed by atoms with van der Waals surface area (Å²) < 4.78 is 34.3. The van der Waals surface area contributed by atoms with E-state index in [1.54, 1.807) is 6.07 Å². The van der Waals surface area contributed by atoms with Crippen LogP contribution in [0.4, 0.5) is 5.69 Å². The number of hydrogen-bond acceptors (Lipinski definition) is 5. The Labute approximate surface area is 186 Å². The molecule has 0 aliphatic carbocycles. The van der Waals surface area contributed by atoms with Crippen molar-refractivity contribution in [2.45, 2.75) is 38.6 Å². The number of carbonyl (C=O) groups is 1. The van der Waals surface area contributed by atoms with Gasteiger partial charge in [0, 0.05) is 24.8 Å². The van der Waals surface area contributed by atoms with Crippen LogP contribution < -0.4 is 11.1 Å². The quantitative estimate of drug-likeness (QED) is 0.634. The SMILES string of the molecule is Cc1cccc(NC(=O)Cn2c(=O)oc3cc(S(=O)(=O)N4C[C@H](C)C[C@@H](C)C4)ccc32)c1. The largest absolute Gasteiger partial charge is 0.420 e. The van der Waals surface area contributed by atoms with Gasteiger partial charge in [-0.1, -0.05) is 26.0 Å². The minimum absolute atomic E-state index is 0.0800. The predicted molar refractivity (Wildman–Crippen MR) is 122 cm³/mol. The van der Waals surface area contributed by atoms with E-state index in [4.69, 9.17) is 4.42 Å². The van der Waals surface area contributed by atoms with Crippen LogP contribution in [0.5, 0.6) is 0 Å². The Kier molecular flexibility index (Phi) is 5.96. The number of piperidine rings is 1. The fourth-order valence-electron chi connectivity index (χ4n) is 4.37. The number of nitrogens with one attached hydrogen (secondary N) is 1. The molecular formula is C23H27N3O5S. The van der Waals surface area contributed by atoms with E-state index in [0.717, 1.165) is 12.0 Å². The first-order chi connectivity index (χ1) is 15.1. The highest BCUT2D eigenvalue weighted by atomic mass is 32.2. The Morgan fingerprint density at radius 3 is 2.53 bits per heavy atom. The number of aryl methyl sites for hydroxylation is 1. The van der Waals surface area contributed by atoms with Crippen LogP contribution in [0.15, 0.2) is 56.6 Å². The van der Waals surface area contributed by atoms with E-state index in [-0.39, 0.29) is 34.8 Å². The second kappa shape index (κ2) is 8.55. The average Bonchev–Trinajstić information content (AvgIpc) is 3.01. The normalized spacial score (nSPS) is 19.8. The lowest BCUT2D eigenvalue weighted by atomic mass is 9.94. The first-order valence-electron chi connectivity index (χ1n) is 10.6. The Balaban J connectivity index is 1.59. The molecule has 1 N–H and O–H groups in total. The van der Waals surface area contributed by atoms with Crippen molar-refractivity contribution in [2.24, 2.45) is 11.8 Å². The summed E-state index contributed by atoms with van der Waals surface area (Å²) in [5.41, 5.74) is 2.14. The Hall–Kier alpha value is -2.91. The molecule has 0 unspecified atom stereocenters. The summed E-state index contributed by atoms with van der Waals surface area (Å²) in [6, 6.07) is 11.7. The molecule has 1 aliphatic heterocycles. The van der Waals surface area contributed by atoms with Gasteiger partial charge in [-0.05, 0) is 55.0 Å². The maximum absolute atomic E-state index is 13.2. The molecule has 8 nitrogen and oxygen atoms in total. The third kappa shape index (κ3) is 4.49. The van der Waals surface area contributed by atoms with E-state index in [0.29, 0.717) is 24.3 Å². The summed E-state index contributed by atoms with van der Waals surface area (Å²) in [4.78, 5) is 24.9. The number of aromatic nitrogens is 1. The van der Waals surface area contributed by atoms with Crippen LogP contribution >= 0.6 is 0 Å². The summed E-state index contributed by atoms with van der Waals surface area (Å²) in [6.07, 6.45) is 0.993. The number of rotatable bonds is 5. The molecule has 2 aromatic carbocycles. The van der Waals surface area contributed by atoms with Gasteiger partial charge in [0.25, 0.3) is 0 Å². The first-order valence-corrected chi connectivity index (χ1v) is 12.1. The van der Waals surface area contributed by atoms with Crippen molar-refractivity contribution in [2.75, 3.05) is 18.4 Å². The van der Waals surface area contributed by atoms with Crippen LogP contribution in [0.1, 0.15) is 25.8 Å². The second-order valence-corrected chi connectivity index (χ2v) is 10.7. The molecule has 2 heterocycles. The van der Waals surface area contributed by atoms with Crippen LogP contribution in [-0.2, 0) is 21.4 Å². The molecule has 4 rings (SSSR count). The van der Waals surface area contributed by atoms with Crippen LogP contribution in [0, 0.1) is 18.8 Å². The van der Waals surface area contributed by atoms with Crippen molar-refractivity contribution < 1.29 is 17.6 Å². The van der Waals surface area contributed by atoms with Crippen LogP contribution in [0.3, 0.4) is 0 Å². The number of oxazole rings is 1. The number of anilines is 1. The fourth-order valence-corrected chi connectivity index (χ4v) is 6.07. The lowest BCUT2D eigenvalue weighted by molar-refractivity contribution is -0.116. The highest BCUT2D eigenvalue weighted by Crippen LogP contribution is 2.28. The van der Waals surface area contributed by atoms with Crippen molar-refractivity contribution in [1.29, 1.82) is 0 Å². The van der Waals surface area contributed by atoms with Gasteiger partial charge in [-0.3, -0.25) is 9.36 Å². The first kappa shape index (κ1) is 22.3. The number of carbonyl (C=O) groups excluding carboxylic acids is 1. The molecule has 1 aromatic heterocycles. The minimum atomic E-state index is -3.71. The summed E-state index contributed by atoms with van der Waals surface area (Å²) in [6.45, 7) is 6.70. The zero-order valence-electron chi connectivity index (χ0n) is 18.4. The zero-order valence-corrected chi connectivity index (χ0v) is 19.2. The molecule has 0 saturated carbocycles. The van der Waals surface area contributed by atoms with Gasteiger partial charge in [0.2, 0.25) is 15.9 Å². The van der Waals surface area contributed by atoms with Gasteiger partial charge in [0.15, 0.2) is 5.58 Å². The van der Waals surface area contributed by atoms with Gasteiger partial charge in [0.05, 0.1) is 10.4 Å². The number of benzene rings is 2. The van der Waals surface area contributed by atoms with Crippen molar-refractivity contribution in [3.63, 3.8) is 0 Å². The van der Waals surface area contributed by atoms with Gasteiger partial charge in [-0.15, -0.1) is 0 Å². The van der Waals surface area contributed by atoms with Crippen molar-refractivity contribution in [3.05, 3.63) is 58.6 Å². The Morgan fingerprint density at radius 1 is 1.12 bits per heavy atom. The van der Waals surface area contributed by atoms with E-state index >= 15 is 0 Å². The molecule has 1 fully saturated rings. The molecule has 3 aromatic rings. The average molecular weight is 458 g/mol. The molecule has 0 spiro atoms. The molecular weight excluding hydrogens is 430 g/mol. The number of amides is 1. The molecule has 170 valence electrons. The van der Waals surface area contributed by atoms with Gasteiger partial charge >= 0.3 is 5.76 Å². The third-order valence-corrected chi connectivity index (χ3v) is 7.54. The molecule has 2 atom stereocenters. The molecule has 0 bridgehead atoms. The van der Waals surface area contributed by atoms with Crippen LogP contribution in [0.2, 0.25) is 0 Å². The Bertz CT molecular complexity index is 1310. The van der Waals surface area contributed by atoms with E-state index in [9.17, 15) is 18.0 Å². The molecule has 1 amide bonds. The maximum Gasteiger partial charge on any atom is 0.420 e. The molecule has 0 radical (unpaired) electrons. The number of fused-ring (bicyclic) bond motifs is 1. The minimum Gasteiger partial charge on any atom is -0.408 e. The summed E-state index contributed by atoms with van der Waals surface area (Å²) in [5.74, 6) is -0.533. The van der Waals surface area contributed by atoms with E-state index in [2.05, 4.69) is 5.32 Å². The number of hydrogen-bond donors (Lipinski definition) is 1. The van der Waals surface area contributed by atoms with Crippen molar-refractivity contribution >= 4 is 32.7 Å². The monoisotopic (exact) mass is 457 g/mol. The van der Waals surface area contributed by atoms with Crippen molar-refractivity contribution in [1.82, 2.24) is 8.87 Å². The van der Waals surface area contributed by atoms with Gasteiger partial charge in [-0.2, -0.15) is 4.31 Å². The molecule has 1 aliphatic rings. The van der Waals surface area contributed by atoms with Gasteiger partial charge in [-0.25, -0.2) is 13.2 Å². The van der Waals surface area contributed by atoms with Gasteiger partial charge in [0.1, 0.15) is 6.54 Å². The maximum atomic E-state index is 13.2. The lowest BCUT2D eigenvalue weighted by Crippen LogP contribution is -2.42. The van der Waals surface area contributed by atoms with E-state index in [1.165, 1.54) is 27.1 Å². The summed E-state index contributed by atoms with van der Waals surface area (Å²) >= 11 is 0.